The maximum Gasteiger partial charge on any atom is 0.303 e. The molecule has 0 aliphatic heterocycles. The standard InChI is InChI=1S/C12H16O3.C4H9NO3S.C2H6/c1-9(13)15-12(2,3)10-5-7-11(14-4)8-6-10;1-4(7-2)5-9(6)8-3;1-2/h5-8H,1-4H3;1-3H3;1-2H3. The zero-order chi connectivity index (χ0) is 20.8. The lowest BCUT2D eigenvalue weighted by atomic mass is 9.98. The molecule has 0 N–H and O–H groups in total. The Hall–Kier alpha value is -1.93. The van der Waals surface area contributed by atoms with Crippen molar-refractivity contribution in [2.75, 3.05) is 21.3 Å². The highest BCUT2D eigenvalue weighted by molar-refractivity contribution is 7.78. The van der Waals surface area contributed by atoms with E-state index in [9.17, 15) is 9.00 Å². The van der Waals surface area contributed by atoms with Crippen LogP contribution >= 0.6 is 0 Å². The number of benzene rings is 1. The van der Waals surface area contributed by atoms with Gasteiger partial charge in [-0.25, -0.2) is 4.21 Å². The van der Waals surface area contributed by atoms with Crippen molar-refractivity contribution in [3.63, 3.8) is 0 Å². The van der Waals surface area contributed by atoms with Crippen LogP contribution in [0.5, 0.6) is 5.75 Å². The van der Waals surface area contributed by atoms with Gasteiger partial charge >= 0.3 is 5.97 Å². The van der Waals surface area contributed by atoms with Crippen molar-refractivity contribution in [2.45, 2.75) is 47.1 Å². The number of carbonyl (C=O) groups is 1. The molecule has 150 valence electrons. The normalized spacial score (nSPS) is 11.8. The second-order valence-electron chi connectivity index (χ2n) is 5.03. The molecular weight excluding hydrogens is 358 g/mol. The lowest BCUT2D eigenvalue weighted by Crippen LogP contribution is -2.24. The topological polar surface area (TPSA) is 83.4 Å². The molecule has 0 heterocycles. The molecule has 0 aromatic heterocycles. The summed E-state index contributed by atoms with van der Waals surface area (Å²) in [6, 6.07) is 7.48. The quantitative estimate of drug-likeness (QED) is 0.433. The maximum absolute atomic E-state index is 10.9. The Bertz CT molecular complexity index is 570. The van der Waals surface area contributed by atoms with Gasteiger partial charge in [-0.1, -0.05) is 26.0 Å². The van der Waals surface area contributed by atoms with Gasteiger partial charge in [0.15, 0.2) is 5.90 Å². The molecule has 1 aromatic carbocycles. The molecule has 0 fully saturated rings. The molecule has 0 saturated heterocycles. The lowest BCUT2D eigenvalue weighted by molar-refractivity contribution is -0.154. The van der Waals surface area contributed by atoms with Gasteiger partial charge in [0.05, 0.1) is 21.3 Å². The molecular formula is C18H31NO6S. The molecule has 0 amide bonds. The van der Waals surface area contributed by atoms with Gasteiger partial charge in [-0.05, 0) is 31.5 Å². The summed E-state index contributed by atoms with van der Waals surface area (Å²) in [4.78, 5) is 10.9. The van der Waals surface area contributed by atoms with E-state index >= 15 is 0 Å². The highest BCUT2D eigenvalue weighted by atomic mass is 32.2. The molecule has 0 aliphatic rings. The Morgan fingerprint density at radius 3 is 1.88 bits per heavy atom. The van der Waals surface area contributed by atoms with Crippen molar-refractivity contribution in [3.8, 4) is 5.75 Å². The van der Waals surface area contributed by atoms with Crippen LogP contribution in [0.25, 0.3) is 0 Å². The first-order valence-electron chi connectivity index (χ1n) is 8.06. The average molecular weight is 390 g/mol. The van der Waals surface area contributed by atoms with E-state index in [2.05, 4.69) is 13.3 Å². The van der Waals surface area contributed by atoms with Crippen LogP contribution in [-0.2, 0) is 35.3 Å². The molecule has 1 rings (SSSR count). The molecule has 1 unspecified atom stereocenters. The first kappa shape index (κ1) is 26.3. The van der Waals surface area contributed by atoms with Crippen molar-refractivity contribution in [2.24, 2.45) is 4.40 Å². The molecule has 0 radical (unpaired) electrons. The number of methoxy groups -OCH3 is 2. The van der Waals surface area contributed by atoms with Gasteiger partial charge in [0.1, 0.15) is 11.4 Å². The first-order chi connectivity index (χ1) is 12.2. The summed E-state index contributed by atoms with van der Waals surface area (Å²) in [5.41, 5.74) is 0.344. The van der Waals surface area contributed by atoms with Gasteiger partial charge in [-0.2, -0.15) is 0 Å². The predicted octanol–water partition coefficient (Wildman–Crippen LogP) is 3.80. The van der Waals surface area contributed by atoms with Crippen LogP contribution in [0.4, 0.5) is 0 Å². The molecule has 0 spiro atoms. The zero-order valence-corrected chi connectivity index (χ0v) is 17.9. The monoisotopic (exact) mass is 389 g/mol. The van der Waals surface area contributed by atoms with Crippen LogP contribution in [0.1, 0.15) is 47.1 Å². The highest BCUT2D eigenvalue weighted by Gasteiger charge is 2.23. The van der Waals surface area contributed by atoms with Gasteiger partial charge in [0.2, 0.25) is 0 Å². The van der Waals surface area contributed by atoms with E-state index in [1.807, 2.05) is 52.0 Å². The summed E-state index contributed by atoms with van der Waals surface area (Å²) >= 11 is -1.59. The van der Waals surface area contributed by atoms with Gasteiger partial charge in [0, 0.05) is 13.8 Å². The van der Waals surface area contributed by atoms with Crippen molar-refractivity contribution in [1.29, 1.82) is 0 Å². The molecule has 7 nitrogen and oxygen atoms in total. The van der Waals surface area contributed by atoms with E-state index in [0.29, 0.717) is 5.90 Å². The third kappa shape index (κ3) is 11.6. The summed E-state index contributed by atoms with van der Waals surface area (Å²) in [5.74, 6) is 0.850. The Morgan fingerprint density at radius 2 is 1.54 bits per heavy atom. The van der Waals surface area contributed by atoms with Gasteiger partial charge < -0.3 is 14.2 Å². The van der Waals surface area contributed by atoms with E-state index in [0.717, 1.165) is 11.3 Å². The first-order valence-corrected chi connectivity index (χ1v) is 9.09. The highest BCUT2D eigenvalue weighted by Crippen LogP contribution is 2.26. The minimum atomic E-state index is -1.59. The number of carbonyl (C=O) groups excluding carboxylic acids is 1. The van der Waals surface area contributed by atoms with Crippen LogP contribution in [-0.4, -0.2) is 37.4 Å². The minimum Gasteiger partial charge on any atom is -0.497 e. The molecule has 0 saturated carbocycles. The molecule has 1 aromatic rings. The largest absolute Gasteiger partial charge is 0.497 e. The predicted molar refractivity (Wildman–Crippen MR) is 104 cm³/mol. The summed E-state index contributed by atoms with van der Waals surface area (Å²) in [7, 11) is 4.38. The fraction of sp³-hybridized carbons (Fsp3) is 0.556. The molecule has 26 heavy (non-hydrogen) atoms. The van der Waals surface area contributed by atoms with Gasteiger partial charge in [-0.3, -0.25) is 8.98 Å². The Kier molecular flexibility index (Phi) is 14.4. The fourth-order valence-corrected chi connectivity index (χ4v) is 1.95. The second-order valence-corrected chi connectivity index (χ2v) is 5.98. The Labute approximate surface area is 159 Å². The average Bonchev–Trinajstić information content (AvgIpc) is 2.62. The van der Waals surface area contributed by atoms with E-state index in [4.69, 9.17) is 9.47 Å². The van der Waals surface area contributed by atoms with Crippen LogP contribution in [0.3, 0.4) is 0 Å². The van der Waals surface area contributed by atoms with E-state index in [1.54, 1.807) is 14.0 Å². The maximum atomic E-state index is 10.9. The Morgan fingerprint density at radius 1 is 1.04 bits per heavy atom. The zero-order valence-electron chi connectivity index (χ0n) is 17.1. The lowest BCUT2D eigenvalue weighted by Gasteiger charge is -2.25. The molecule has 8 heteroatoms. The van der Waals surface area contributed by atoms with Crippen molar-refractivity contribution < 1.29 is 27.4 Å². The van der Waals surface area contributed by atoms with Gasteiger partial charge in [-0.15, -0.1) is 4.40 Å². The van der Waals surface area contributed by atoms with Gasteiger partial charge in [0.25, 0.3) is 11.3 Å². The number of rotatable bonds is 5. The number of nitrogens with zero attached hydrogens (tertiary/aromatic N) is 1. The number of ether oxygens (including phenoxy) is 3. The summed E-state index contributed by atoms with van der Waals surface area (Å²) in [6.45, 7) is 10.7. The second kappa shape index (κ2) is 14.3. The number of hydrogen-bond donors (Lipinski definition) is 0. The van der Waals surface area contributed by atoms with Crippen molar-refractivity contribution >= 4 is 23.1 Å². The Balaban J connectivity index is 0. The number of esters is 1. The smallest absolute Gasteiger partial charge is 0.303 e. The SMILES string of the molecule is CC.COC(C)=NS(=O)OC.COc1ccc(C(C)(C)OC(C)=O)cc1. The third-order valence-electron chi connectivity index (χ3n) is 2.83. The van der Waals surface area contributed by atoms with Crippen molar-refractivity contribution in [3.05, 3.63) is 29.8 Å². The third-order valence-corrected chi connectivity index (χ3v) is 3.52. The summed E-state index contributed by atoms with van der Waals surface area (Å²) < 4.78 is 33.1. The van der Waals surface area contributed by atoms with Crippen LogP contribution in [0.15, 0.2) is 28.7 Å². The fourth-order valence-electron chi connectivity index (χ4n) is 1.59. The minimum absolute atomic E-state index is 0.282. The van der Waals surface area contributed by atoms with Crippen LogP contribution < -0.4 is 4.74 Å². The summed E-state index contributed by atoms with van der Waals surface area (Å²) in [6.07, 6.45) is 0. The van der Waals surface area contributed by atoms with E-state index in [-0.39, 0.29) is 5.97 Å². The molecule has 1 atom stereocenters. The van der Waals surface area contributed by atoms with E-state index in [1.165, 1.54) is 21.1 Å². The van der Waals surface area contributed by atoms with Crippen LogP contribution in [0, 0.1) is 0 Å². The molecule has 0 bridgehead atoms. The van der Waals surface area contributed by atoms with E-state index < -0.39 is 16.9 Å². The molecule has 0 aliphatic carbocycles. The summed E-state index contributed by atoms with van der Waals surface area (Å²) in [5, 5.41) is 0. The van der Waals surface area contributed by atoms with Crippen LogP contribution in [0.2, 0.25) is 0 Å². The van der Waals surface area contributed by atoms with Crippen molar-refractivity contribution in [1.82, 2.24) is 0 Å². The number of hydrogen-bond acceptors (Lipinski definition) is 6.